The molecule has 0 atom stereocenters. The molecule has 2 aromatic carbocycles. The van der Waals surface area contributed by atoms with Crippen molar-refractivity contribution in [2.24, 2.45) is 0 Å². The maximum absolute atomic E-state index is 12.6. The van der Waals surface area contributed by atoms with E-state index in [1.54, 1.807) is 13.0 Å². The molecule has 0 amide bonds. The molecule has 5 nitrogen and oxygen atoms in total. The zero-order valence-corrected chi connectivity index (χ0v) is 14.3. The molecule has 0 aliphatic rings. The van der Waals surface area contributed by atoms with Crippen LogP contribution in [0.2, 0.25) is 0 Å². The maximum Gasteiger partial charge on any atom is 0.338 e. The topological polar surface area (TPSA) is 72.5 Å². The molecule has 1 N–H and O–H groups in total. The number of hydrogen-bond acceptors (Lipinski definition) is 4. The van der Waals surface area contributed by atoms with Crippen molar-refractivity contribution in [2.75, 3.05) is 11.8 Å². The van der Waals surface area contributed by atoms with E-state index in [-0.39, 0.29) is 10.5 Å². The quantitative estimate of drug-likeness (QED) is 0.872. The van der Waals surface area contributed by atoms with Crippen molar-refractivity contribution in [3.63, 3.8) is 0 Å². The molecule has 0 spiro atoms. The number of anilines is 1. The van der Waals surface area contributed by atoms with Gasteiger partial charge in [0.15, 0.2) is 0 Å². The van der Waals surface area contributed by atoms with Crippen molar-refractivity contribution in [3.05, 3.63) is 58.7 Å². The summed E-state index contributed by atoms with van der Waals surface area (Å²) in [4.78, 5) is 11.8. The Morgan fingerprint density at radius 1 is 1.00 bits per heavy atom. The van der Waals surface area contributed by atoms with E-state index in [9.17, 15) is 13.2 Å². The van der Waals surface area contributed by atoms with Crippen LogP contribution in [-0.4, -0.2) is 21.5 Å². The number of ether oxygens (including phenoxy) is 1. The van der Waals surface area contributed by atoms with Gasteiger partial charge < -0.3 is 4.74 Å². The highest BCUT2D eigenvalue weighted by molar-refractivity contribution is 7.92. The fourth-order valence-electron chi connectivity index (χ4n) is 2.27. The van der Waals surface area contributed by atoms with Crippen LogP contribution in [0.5, 0.6) is 0 Å². The minimum atomic E-state index is -3.80. The first kappa shape index (κ1) is 17.0. The third-order valence-electron chi connectivity index (χ3n) is 3.64. The second-order valence-electron chi connectivity index (χ2n) is 5.34. The summed E-state index contributed by atoms with van der Waals surface area (Å²) in [6.07, 6.45) is 0. The largest absolute Gasteiger partial charge is 0.465 e. The Bertz CT molecular complexity index is 837. The van der Waals surface area contributed by atoms with Crippen molar-refractivity contribution < 1.29 is 17.9 Å². The normalized spacial score (nSPS) is 11.1. The third-order valence-corrected chi connectivity index (χ3v) is 4.99. The van der Waals surface area contributed by atoms with Gasteiger partial charge in [-0.05, 0) is 49.6 Å². The smallest absolute Gasteiger partial charge is 0.338 e. The van der Waals surface area contributed by atoms with Gasteiger partial charge >= 0.3 is 5.97 Å². The Balaban J connectivity index is 2.46. The Morgan fingerprint density at radius 3 is 2.17 bits per heavy atom. The SMILES string of the molecule is COC(=O)c1cc(S(=O)(=O)Nc2c(C)cccc2C)ccc1C. The molecule has 23 heavy (non-hydrogen) atoms. The summed E-state index contributed by atoms with van der Waals surface area (Å²) in [6, 6.07) is 9.92. The third kappa shape index (κ3) is 3.53. The van der Waals surface area contributed by atoms with E-state index >= 15 is 0 Å². The van der Waals surface area contributed by atoms with Crippen LogP contribution in [0.3, 0.4) is 0 Å². The van der Waals surface area contributed by atoms with Crippen LogP contribution >= 0.6 is 0 Å². The summed E-state index contributed by atoms with van der Waals surface area (Å²) in [5.41, 5.74) is 3.09. The number of esters is 1. The predicted molar refractivity (Wildman–Crippen MR) is 89.2 cm³/mol. The first-order valence-corrected chi connectivity index (χ1v) is 8.52. The van der Waals surface area contributed by atoms with E-state index in [4.69, 9.17) is 0 Å². The molecule has 122 valence electrons. The van der Waals surface area contributed by atoms with Gasteiger partial charge in [-0.25, -0.2) is 13.2 Å². The highest BCUT2D eigenvalue weighted by atomic mass is 32.2. The Kier molecular flexibility index (Phi) is 4.75. The maximum atomic E-state index is 12.6. The van der Waals surface area contributed by atoms with Gasteiger partial charge in [-0.1, -0.05) is 24.3 Å². The van der Waals surface area contributed by atoms with Gasteiger partial charge in [0.25, 0.3) is 10.0 Å². The van der Waals surface area contributed by atoms with Gasteiger partial charge in [0, 0.05) is 0 Å². The molecule has 6 heteroatoms. The van der Waals surface area contributed by atoms with Gasteiger partial charge in [0.2, 0.25) is 0 Å². The van der Waals surface area contributed by atoms with E-state index in [2.05, 4.69) is 9.46 Å². The summed E-state index contributed by atoms with van der Waals surface area (Å²) in [6.45, 7) is 5.39. The van der Waals surface area contributed by atoms with Gasteiger partial charge in [0.05, 0.1) is 23.3 Å². The average Bonchev–Trinajstić information content (AvgIpc) is 2.50. The first-order chi connectivity index (χ1) is 10.8. The van der Waals surface area contributed by atoms with Gasteiger partial charge in [-0.2, -0.15) is 0 Å². The van der Waals surface area contributed by atoms with Crippen molar-refractivity contribution >= 4 is 21.7 Å². The van der Waals surface area contributed by atoms with Gasteiger partial charge in [-0.3, -0.25) is 4.72 Å². The number of sulfonamides is 1. The number of aryl methyl sites for hydroxylation is 3. The number of carbonyl (C=O) groups is 1. The van der Waals surface area contributed by atoms with Crippen molar-refractivity contribution in [2.45, 2.75) is 25.7 Å². The molecule has 2 rings (SSSR count). The number of carbonyl (C=O) groups excluding carboxylic acids is 1. The molecule has 0 aliphatic heterocycles. The molecule has 0 radical (unpaired) electrons. The van der Waals surface area contributed by atoms with Crippen LogP contribution in [0.25, 0.3) is 0 Å². The lowest BCUT2D eigenvalue weighted by Crippen LogP contribution is -2.16. The molecular formula is C17H19NO4S. The predicted octanol–water partition coefficient (Wildman–Crippen LogP) is 3.20. The van der Waals surface area contributed by atoms with E-state index in [0.717, 1.165) is 11.1 Å². The van der Waals surface area contributed by atoms with Crippen LogP contribution in [0.15, 0.2) is 41.3 Å². The summed E-state index contributed by atoms with van der Waals surface area (Å²) in [5.74, 6) is -0.563. The van der Waals surface area contributed by atoms with E-state index in [1.807, 2.05) is 32.0 Å². The molecule has 0 saturated heterocycles. The summed E-state index contributed by atoms with van der Waals surface area (Å²) in [5, 5.41) is 0. The van der Waals surface area contributed by atoms with Crippen LogP contribution in [0, 0.1) is 20.8 Å². The minimum Gasteiger partial charge on any atom is -0.465 e. The lowest BCUT2D eigenvalue weighted by atomic mass is 10.1. The summed E-state index contributed by atoms with van der Waals surface area (Å²) in [7, 11) is -2.54. The molecule has 0 bridgehead atoms. The summed E-state index contributed by atoms with van der Waals surface area (Å²) >= 11 is 0. The highest BCUT2D eigenvalue weighted by Gasteiger charge is 2.19. The number of methoxy groups -OCH3 is 1. The molecule has 0 aliphatic carbocycles. The van der Waals surface area contributed by atoms with Crippen molar-refractivity contribution in [3.8, 4) is 0 Å². The average molecular weight is 333 g/mol. The van der Waals surface area contributed by atoms with E-state index < -0.39 is 16.0 Å². The molecule has 0 aromatic heterocycles. The zero-order valence-electron chi connectivity index (χ0n) is 13.5. The number of benzene rings is 2. The van der Waals surface area contributed by atoms with Gasteiger partial charge in [0.1, 0.15) is 0 Å². The molecule has 0 fully saturated rings. The zero-order chi connectivity index (χ0) is 17.2. The van der Waals surface area contributed by atoms with E-state index in [1.165, 1.54) is 19.2 Å². The number of para-hydroxylation sites is 1. The molecule has 0 unspecified atom stereocenters. The van der Waals surface area contributed by atoms with Crippen LogP contribution < -0.4 is 4.72 Å². The Hall–Kier alpha value is -2.34. The Labute approximate surface area is 136 Å². The minimum absolute atomic E-state index is 0.0196. The summed E-state index contributed by atoms with van der Waals surface area (Å²) < 4.78 is 32.5. The second kappa shape index (κ2) is 6.42. The van der Waals surface area contributed by atoms with Crippen LogP contribution in [0.4, 0.5) is 5.69 Å². The van der Waals surface area contributed by atoms with E-state index in [0.29, 0.717) is 11.3 Å². The fourth-order valence-corrected chi connectivity index (χ4v) is 3.50. The van der Waals surface area contributed by atoms with Crippen molar-refractivity contribution in [1.82, 2.24) is 0 Å². The molecule has 0 saturated carbocycles. The first-order valence-electron chi connectivity index (χ1n) is 7.04. The fraction of sp³-hybridized carbons (Fsp3) is 0.235. The van der Waals surface area contributed by atoms with Crippen LogP contribution in [0.1, 0.15) is 27.0 Å². The second-order valence-corrected chi connectivity index (χ2v) is 7.02. The van der Waals surface area contributed by atoms with Crippen LogP contribution in [-0.2, 0) is 14.8 Å². The van der Waals surface area contributed by atoms with Gasteiger partial charge in [-0.15, -0.1) is 0 Å². The number of rotatable bonds is 4. The Morgan fingerprint density at radius 2 is 1.61 bits per heavy atom. The lowest BCUT2D eigenvalue weighted by Gasteiger charge is -2.14. The number of nitrogens with one attached hydrogen (secondary N) is 1. The standard InChI is InChI=1S/C17H19NO4S/c1-11-8-9-14(10-15(11)17(19)22-4)23(20,21)18-16-12(2)6-5-7-13(16)3/h5-10,18H,1-4H3. The van der Waals surface area contributed by atoms with Crippen molar-refractivity contribution in [1.29, 1.82) is 0 Å². The monoisotopic (exact) mass is 333 g/mol. The molecule has 0 heterocycles. The molecule has 2 aromatic rings. The lowest BCUT2D eigenvalue weighted by molar-refractivity contribution is 0.0599. The highest BCUT2D eigenvalue weighted by Crippen LogP contribution is 2.24. The number of hydrogen-bond donors (Lipinski definition) is 1. The molecular weight excluding hydrogens is 314 g/mol.